The summed E-state index contributed by atoms with van der Waals surface area (Å²) in [7, 11) is 0. The van der Waals surface area contributed by atoms with Gasteiger partial charge in [0.25, 0.3) is 5.91 Å². The van der Waals surface area contributed by atoms with E-state index in [4.69, 9.17) is 5.73 Å². The van der Waals surface area contributed by atoms with Crippen LogP contribution < -0.4 is 11.1 Å². The Labute approximate surface area is 149 Å². The molecule has 0 saturated heterocycles. The molecule has 2 aromatic heterocycles. The molecule has 0 saturated carbocycles. The summed E-state index contributed by atoms with van der Waals surface area (Å²) in [6.45, 7) is 0. The van der Waals surface area contributed by atoms with Crippen LogP contribution in [-0.4, -0.2) is 10.9 Å². The molecule has 0 aliphatic carbocycles. The van der Waals surface area contributed by atoms with E-state index in [0.717, 1.165) is 20.9 Å². The predicted octanol–water partition coefficient (Wildman–Crippen LogP) is 3.62. The highest BCUT2D eigenvalue weighted by Crippen LogP contribution is 2.33. The number of thiophene rings is 1. The van der Waals surface area contributed by atoms with Crippen molar-refractivity contribution in [2.75, 3.05) is 11.1 Å². The fourth-order valence-corrected chi connectivity index (χ4v) is 3.33. The van der Waals surface area contributed by atoms with Crippen LogP contribution in [0.3, 0.4) is 0 Å². The Hall–Kier alpha value is -3.36. The first-order valence-corrected chi connectivity index (χ1v) is 8.46. The normalized spacial score (nSPS) is 13.9. The second-order valence-electron chi connectivity index (χ2n) is 5.49. The molecule has 1 aromatic carbocycles. The average molecular weight is 343 g/mol. The number of hydrogen-bond donors (Lipinski definition) is 2. The summed E-state index contributed by atoms with van der Waals surface area (Å²) in [5.41, 5.74) is 8.59. The molecule has 25 heavy (non-hydrogen) atoms. The minimum Gasteiger partial charge on any atom is -0.397 e. The molecule has 120 valence electrons. The Balaban J connectivity index is 1.64. The Morgan fingerprint density at radius 3 is 2.80 bits per heavy atom. The van der Waals surface area contributed by atoms with Crippen molar-refractivity contribution >= 4 is 40.4 Å². The van der Waals surface area contributed by atoms with Crippen LogP contribution in [0.1, 0.15) is 20.9 Å². The van der Waals surface area contributed by atoms with Crippen LogP contribution in [0.15, 0.2) is 54.7 Å². The largest absolute Gasteiger partial charge is 0.397 e. The number of nitrogens with one attached hydrogen (secondary N) is 1. The smallest absolute Gasteiger partial charge is 0.257 e. The van der Waals surface area contributed by atoms with Crippen LogP contribution in [0.2, 0.25) is 0 Å². The van der Waals surface area contributed by atoms with Gasteiger partial charge < -0.3 is 11.1 Å². The van der Waals surface area contributed by atoms with Gasteiger partial charge >= 0.3 is 0 Å². The van der Waals surface area contributed by atoms with Gasteiger partial charge in [0.2, 0.25) is 0 Å². The molecule has 1 aliphatic heterocycles. The second kappa shape index (κ2) is 6.27. The third-order valence-corrected chi connectivity index (χ3v) is 4.64. The highest BCUT2D eigenvalue weighted by atomic mass is 32.1. The average Bonchev–Trinajstić information content (AvgIpc) is 3.19. The van der Waals surface area contributed by atoms with Crippen LogP contribution in [0.4, 0.5) is 11.5 Å². The van der Waals surface area contributed by atoms with E-state index >= 15 is 0 Å². The van der Waals surface area contributed by atoms with E-state index in [1.807, 2.05) is 48.5 Å². The van der Waals surface area contributed by atoms with Gasteiger partial charge in [0.1, 0.15) is 5.82 Å². The SMILES string of the molecule is Nc1cnc2c(c1)C(=Cc1ccc(C#Cc3ccccc3)s1)C(=O)N2. The third kappa shape index (κ3) is 3.16. The lowest BCUT2D eigenvalue weighted by Gasteiger charge is -1.98. The van der Waals surface area contributed by atoms with Gasteiger partial charge in [-0.3, -0.25) is 4.79 Å². The molecule has 4 nitrogen and oxygen atoms in total. The number of hydrogen-bond acceptors (Lipinski definition) is 4. The zero-order valence-electron chi connectivity index (χ0n) is 13.1. The summed E-state index contributed by atoms with van der Waals surface area (Å²) in [6, 6.07) is 15.5. The maximum atomic E-state index is 12.2. The maximum Gasteiger partial charge on any atom is 0.257 e. The van der Waals surface area contributed by atoms with Crippen molar-refractivity contribution in [3.05, 3.63) is 75.6 Å². The summed E-state index contributed by atoms with van der Waals surface area (Å²) in [5.74, 6) is 6.66. The van der Waals surface area contributed by atoms with Gasteiger partial charge in [-0.15, -0.1) is 11.3 Å². The van der Waals surface area contributed by atoms with Gasteiger partial charge in [0.05, 0.1) is 22.3 Å². The van der Waals surface area contributed by atoms with Crippen LogP contribution in [-0.2, 0) is 4.79 Å². The van der Waals surface area contributed by atoms with Gasteiger partial charge in [-0.25, -0.2) is 4.98 Å². The van der Waals surface area contributed by atoms with Gasteiger partial charge in [-0.05, 0) is 36.4 Å². The Morgan fingerprint density at radius 1 is 1.12 bits per heavy atom. The summed E-state index contributed by atoms with van der Waals surface area (Å²) in [4.78, 5) is 18.2. The summed E-state index contributed by atoms with van der Waals surface area (Å²) in [6.07, 6.45) is 3.38. The monoisotopic (exact) mass is 343 g/mol. The number of rotatable bonds is 1. The molecule has 0 spiro atoms. The van der Waals surface area contributed by atoms with Gasteiger partial charge in [-0.2, -0.15) is 0 Å². The molecule has 0 unspecified atom stereocenters. The molecule has 3 heterocycles. The zero-order chi connectivity index (χ0) is 17.2. The number of carbonyl (C=O) groups is 1. The van der Waals surface area contributed by atoms with E-state index in [2.05, 4.69) is 22.1 Å². The Kier molecular flexibility index (Phi) is 3.81. The molecule has 1 aliphatic rings. The molecule has 4 rings (SSSR count). The number of benzene rings is 1. The zero-order valence-corrected chi connectivity index (χ0v) is 13.9. The molecule has 3 N–H and O–H groups in total. The van der Waals surface area contributed by atoms with Crippen molar-refractivity contribution in [2.45, 2.75) is 0 Å². The fraction of sp³-hybridized carbons (Fsp3) is 0. The van der Waals surface area contributed by atoms with Crippen LogP contribution in [0.5, 0.6) is 0 Å². The number of pyridine rings is 1. The lowest BCUT2D eigenvalue weighted by atomic mass is 10.1. The van der Waals surface area contributed by atoms with Crippen molar-refractivity contribution < 1.29 is 4.79 Å². The molecule has 0 bridgehead atoms. The number of nitrogens with two attached hydrogens (primary N) is 1. The van der Waals surface area contributed by atoms with E-state index in [1.54, 1.807) is 6.07 Å². The van der Waals surface area contributed by atoms with E-state index in [0.29, 0.717) is 17.1 Å². The van der Waals surface area contributed by atoms with E-state index in [9.17, 15) is 4.79 Å². The number of anilines is 2. The minimum atomic E-state index is -0.168. The highest BCUT2D eigenvalue weighted by Gasteiger charge is 2.25. The van der Waals surface area contributed by atoms with Crippen molar-refractivity contribution in [2.24, 2.45) is 0 Å². The van der Waals surface area contributed by atoms with Gasteiger partial charge in [-0.1, -0.05) is 30.0 Å². The van der Waals surface area contributed by atoms with Gasteiger partial charge in [0.15, 0.2) is 0 Å². The number of fused-ring (bicyclic) bond motifs is 1. The number of carbonyl (C=O) groups excluding carboxylic acids is 1. The molecule has 5 heteroatoms. The first kappa shape index (κ1) is 15.2. The lowest BCUT2D eigenvalue weighted by molar-refractivity contribution is -0.110. The van der Waals surface area contributed by atoms with Crippen molar-refractivity contribution in [1.82, 2.24) is 4.98 Å². The predicted molar refractivity (Wildman–Crippen MR) is 102 cm³/mol. The van der Waals surface area contributed by atoms with E-state index in [-0.39, 0.29) is 5.91 Å². The fourth-order valence-electron chi connectivity index (χ4n) is 2.52. The number of nitrogens with zero attached hydrogens (tertiary/aromatic N) is 1. The lowest BCUT2D eigenvalue weighted by Crippen LogP contribution is -2.04. The topological polar surface area (TPSA) is 68.0 Å². The second-order valence-corrected chi connectivity index (χ2v) is 6.61. The van der Waals surface area contributed by atoms with Crippen molar-refractivity contribution in [3.8, 4) is 11.8 Å². The van der Waals surface area contributed by atoms with Crippen molar-refractivity contribution in [1.29, 1.82) is 0 Å². The molecular formula is C20H13N3OS. The quantitative estimate of drug-likeness (QED) is 0.524. The molecule has 0 radical (unpaired) electrons. The number of nitrogen functional groups attached to an aromatic ring is 1. The van der Waals surface area contributed by atoms with Crippen molar-refractivity contribution in [3.63, 3.8) is 0 Å². The van der Waals surface area contributed by atoms with E-state index < -0.39 is 0 Å². The van der Waals surface area contributed by atoms with Crippen LogP contribution in [0, 0.1) is 11.8 Å². The highest BCUT2D eigenvalue weighted by molar-refractivity contribution is 7.13. The summed E-state index contributed by atoms with van der Waals surface area (Å²) in [5, 5.41) is 2.75. The Morgan fingerprint density at radius 2 is 1.96 bits per heavy atom. The molecule has 3 aromatic rings. The Bertz CT molecular complexity index is 1060. The molecule has 0 fully saturated rings. The van der Waals surface area contributed by atoms with Crippen LogP contribution in [0.25, 0.3) is 11.6 Å². The first-order chi connectivity index (χ1) is 12.2. The molecule has 0 atom stereocenters. The maximum absolute atomic E-state index is 12.2. The summed E-state index contributed by atoms with van der Waals surface area (Å²) >= 11 is 1.54. The third-order valence-electron chi connectivity index (χ3n) is 3.69. The first-order valence-electron chi connectivity index (χ1n) is 7.65. The minimum absolute atomic E-state index is 0.168. The number of amides is 1. The number of aromatic nitrogens is 1. The van der Waals surface area contributed by atoms with Gasteiger partial charge in [0, 0.05) is 16.0 Å². The summed E-state index contributed by atoms with van der Waals surface area (Å²) < 4.78 is 0. The standard InChI is InChI=1S/C20H13N3OS/c21-14-10-17-18(20(24)23-19(17)22-12-14)11-16-9-8-15(25-16)7-6-13-4-2-1-3-5-13/h1-5,8-12H,21H2,(H,22,23,24). The molecule has 1 amide bonds. The van der Waals surface area contributed by atoms with Crippen LogP contribution >= 0.6 is 11.3 Å². The van der Waals surface area contributed by atoms with E-state index in [1.165, 1.54) is 17.5 Å². The molecular weight excluding hydrogens is 330 g/mol.